The predicted molar refractivity (Wildman–Crippen MR) is 93.1 cm³/mol. The second-order valence-corrected chi connectivity index (χ2v) is 7.40. The molecule has 2 heterocycles. The molecule has 2 fully saturated rings. The summed E-state index contributed by atoms with van der Waals surface area (Å²) in [6.07, 6.45) is 7.09. The van der Waals surface area contributed by atoms with Crippen LogP contribution in [0.5, 0.6) is 0 Å². The van der Waals surface area contributed by atoms with Crippen LogP contribution in [0.3, 0.4) is 0 Å². The van der Waals surface area contributed by atoms with Crippen LogP contribution in [0.4, 0.5) is 0 Å². The Labute approximate surface area is 146 Å². The molecule has 0 radical (unpaired) electrons. The summed E-state index contributed by atoms with van der Waals surface area (Å²) in [5.74, 6) is 3.20. The normalized spacial score (nSPS) is 27.9. The van der Waals surface area contributed by atoms with Gasteiger partial charge in [-0.2, -0.15) is 10.1 Å². The number of fused-ring (bicyclic) bond motifs is 1. The molecular formula is C19H21N5O. The van der Waals surface area contributed by atoms with Crippen LogP contribution in [0.15, 0.2) is 41.2 Å². The lowest BCUT2D eigenvalue weighted by molar-refractivity contribution is 0.173. The molecule has 4 atom stereocenters. The molecule has 0 amide bonds. The maximum absolute atomic E-state index is 6.10. The van der Waals surface area contributed by atoms with E-state index in [2.05, 4.69) is 28.2 Å². The Morgan fingerprint density at radius 3 is 2.88 bits per heavy atom. The number of aromatic nitrogens is 4. The van der Waals surface area contributed by atoms with Crippen LogP contribution in [-0.2, 0) is 0 Å². The van der Waals surface area contributed by atoms with Gasteiger partial charge >= 0.3 is 0 Å². The first-order valence-corrected chi connectivity index (χ1v) is 8.89. The van der Waals surface area contributed by atoms with Crippen molar-refractivity contribution in [2.24, 2.45) is 17.6 Å². The van der Waals surface area contributed by atoms with Crippen LogP contribution in [-0.4, -0.2) is 26.0 Å². The Hall–Kier alpha value is -2.47. The van der Waals surface area contributed by atoms with E-state index in [1.807, 2.05) is 29.1 Å². The number of rotatable bonds is 3. The minimum Gasteiger partial charge on any atom is -0.339 e. The number of nitrogens with two attached hydrogens (primary N) is 1. The first-order valence-electron chi connectivity index (χ1n) is 8.89. The van der Waals surface area contributed by atoms with E-state index in [0.717, 1.165) is 47.9 Å². The lowest BCUT2D eigenvalue weighted by Crippen LogP contribution is -2.44. The second-order valence-electron chi connectivity index (χ2n) is 7.40. The molecule has 0 spiro atoms. The van der Waals surface area contributed by atoms with E-state index in [9.17, 15) is 0 Å². The molecular weight excluding hydrogens is 314 g/mol. The molecule has 2 N–H and O–H groups in total. The van der Waals surface area contributed by atoms with Crippen molar-refractivity contribution in [2.45, 2.75) is 38.1 Å². The zero-order chi connectivity index (χ0) is 17.0. The van der Waals surface area contributed by atoms with Gasteiger partial charge in [-0.25, -0.2) is 4.68 Å². The van der Waals surface area contributed by atoms with Crippen molar-refractivity contribution in [3.63, 3.8) is 0 Å². The van der Waals surface area contributed by atoms with Crippen LogP contribution < -0.4 is 5.73 Å². The van der Waals surface area contributed by atoms with E-state index in [4.69, 9.17) is 10.3 Å². The van der Waals surface area contributed by atoms with Gasteiger partial charge < -0.3 is 10.3 Å². The number of benzene rings is 1. The van der Waals surface area contributed by atoms with Gasteiger partial charge in [-0.15, -0.1) is 0 Å². The number of nitrogens with zero attached hydrogens (tertiary/aromatic N) is 4. The second kappa shape index (κ2) is 5.52. The third-order valence-electron chi connectivity index (χ3n) is 5.87. The molecule has 2 aliphatic rings. The molecule has 0 aliphatic heterocycles. The van der Waals surface area contributed by atoms with Gasteiger partial charge in [0.25, 0.3) is 0 Å². The quantitative estimate of drug-likeness (QED) is 0.795. The van der Waals surface area contributed by atoms with E-state index in [1.165, 1.54) is 0 Å². The standard InChI is InChI=1S/C19H21N5O/c1-11-7-12(3-4-17(11)24-6-2-5-21-24)18-22-19(25-23-18)14-8-13-10-16(20)15(13)9-14/h2-7,13-16H,8-10,20H2,1H3/t13-,14?,15-,16+/m0/s1. The molecule has 5 rings (SSSR count). The molecule has 0 bridgehead atoms. The molecule has 6 heteroatoms. The molecule has 0 saturated heterocycles. The van der Waals surface area contributed by atoms with Crippen LogP contribution in [0.1, 0.15) is 36.6 Å². The van der Waals surface area contributed by atoms with Crippen LogP contribution in [0, 0.1) is 18.8 Å². The summed E-state index contributed by atoms with van der Waals surface area (Å²) >= 11 is 0. The maximum Gasteiger partial charge on any atom is 0.230 e. The molecule has 6 nitrogen and oxygen atoms in total. The third-order valence-corrected chi connectivity index (χ3v) is 5.87. The topological polar surface area (TPSA) is 82.8 Å². The molecule has 2 saturated carbocycles. The highest BCUT2D eigenvalue weighted by molar-refractivity contribution is 5.59. The van der Waals surface area contributed by atoms with Crippen molar-refractivity contribution in [3.05, 3.63) is 48.1 Å². The largest absolute Gasteiger partial charge is 0.339 e. The fourth-order valence-electron chi connectivity index (χ4n) is 4.46. The highest BCUT2D eigenvalue weighted by Gasteiger charge is 2.47. The molecule has 3 aromatic rings. The van der Waals surface area contributed by atoms with Crippen LogP contribution in [0.2, 0.25) is 0 Å². The fraction of sp³-hybridized carbons (Fsp3) is 0.421. The summed E-state index contributed by atoms with van der Waals surface area (Å²) in [4.78, 5) is 4.68. The Morgan fingerprint density at radius 2 is 2.16 bits per heavy atom. The first kappa shape index (κ1) is 14.8. The van der Waals surface area contributed by atoms with Crippen LogP contribution >= 0.6 is 0 Å². The Balaban J connectivity index is 1.39. The minimum atomic E-state index is 0.370. The summed E-state index contributed by atoms with van der Waals surface area (Å²) in [6, 6.07) is 8.43. The van der Waals surface area contributed by atoms with Crippen molar-refractivity contribution in [1.29, 1.82) is 0 Å². The van der Waals surface area contributed by atoms with Gasteiger partial charge in [-0.1, -0.05) is 5.16 Å². The Kier molecular flexibility index (Phi) is 3.28. The Morgan fingerprint density at radius 1 is 1.24 bits per heavy atom. The van der Waals surface area contributed by atoms with Gasteiger partial charge in [-0.3, -0.25) is 0 Å². The fourth-order valence-corrected chi connectivity index (χ4v) is 4.46. The molecule has 25 heavy (non-hydrogen) atoms. The molecule has 1 aromatic carbocycles. The predicted octanol–water partition coefficient (Wildman–Crippen LogP) is 3.07. The average Bonchev–Trinajstić information content (AvgIpc) is 3.33. The van der Waals surface area contributed by atoms with Gasteiger partial charge in [0.1, 0.15) is 0 Å². The number of hydrogen-bond donors (Lipinski definition) is 1. The van der Waals surface area contributed by atoms with E-state index < -0.39 is 0 Å². The molecule has 1 unspecified atom stereocenters. The maximum atomic E-state index is 6.10. The smallest absolute Gasteiger partial charge is 0.230 e. The summed E-state index contributed by atoms with van der Waals surface area (Å²) in [7, 11) is 0. The van der Waals surface area contributed by atoms with Gasteiger partial charge in [0.2, 0.25) is 11.7 Å². The van der Waals surface area contributed by atoms with Gasteiger partial charge in [0.05, 0.1) is 5.69 Å². The zero-order valence-corrected chi connectivity index (χ0v) is 14.2. The van der Waals surface area contributed by atoms with Gasteiger partial charge in [0, 0.05) is 29.9 Å². The van der Waals surface area contributed by atoms with Gasteiger partial charge in [-0.05, 0) is 67.9 Å². The van der Waals surface area contributed by atoms with E-state index >= 15 is 0 Å². The number of hydrogen-bond acceptors (Lipinski definition) is 5. The van der Waals surface area contributed by atoms with Crippen molar-refractivity contribution in [1.82, 2.24) is 19.9 Å². The Bertz CT molecular complexity index is 900. The first-order chi connectivity index (χ1) is 12.2. The molecule has 2 aliphatic carbocycles. The summed E-state index contributed by atoms with van der Waals surface area (Å²) < 4.78 is 7.44. The number of aryl methyl sites for hydroxylation is 1. The van der Waals surface area contributed by atoms with E-state index in [0.29, 0.717) is 23.7 Å². The SMILES string of the molecule is Cc1cc(-c2noc(C3C[C@H]4C[C@@H](N)[C@H]4C3)n2)ccc1-n1cccn1. The molecule has 2 aromatic heterocycles. The lowest BCUT2D eigenvalue weighted by atomic mass is 9.72. The van der Waals surface area contributed by atoms with Crippen LogP contribution in [0.25, 0.3) is 17.1 Å². The lowest BCUT2D eigenvalue weighted by Gasteiger charge is -2.37. The average molecular weight is 335 g/mol. The van der Waals surface area contributed by atoms with Crippen molar-refractivity contribution in [2.75, 3.05) is 0 Å². The van der Waals surface area contributed by atoms with E-state index in [1.54, 1.807) is 6.20 Å². The highest BCUT2D eigenvalue weighted by Crippen LogP contribution is 2.52. The van der Waals surface area contributed by atoms with Crippen molar-refractivity contribution in [3.8, 4) is 17.1 Å². The highest BCUT2D eigenvalue weighted by atomic mass is 16.5. The van der Waals surface area contributed by atoms with E-state index in [-0.39, 0.29) is 0 Å². The minimum absolute atomic E-state index is 0.370. The summed E-state index contributed by atoms with van der Waals surface area (Å²) in [6.45, 7) is 2.07. The zero-order valence-electron chi connectivity index (χ0n) is 14.2. The summed E-state index contributed by atoms with van der Waals surface area (Å²) in [5.41, 5.74) is 9.25. The third kappa shape index (κ3) is 2.40. The van der Waals surface area contributed by atoms with Gasteiger partial charge in [0.15, 0.2) is 0 Å². The molecule has 128 valence electrons. The van der Waals surface area contributed by atoms with Crippen molar-refractivity contribution < 1.29 is 4.52 Å². The summed E-state index contributed by atoms with van der Waals surface area (Å²) in [5, 5.41) is 8.50. The monoisotopic (exact) mass is 335 g/mol. The van der Waals surface area contributed by atoms with Crippen molar-refractivity contribution >= 4 is 0 Å².